The van der Waals surface area contributed by atoms with Crippen molar-refractivity contribution in [2.24, 2.45) is 0 Å². The lowest BCUT2D eigenvalue weighted by molar-refractivity contribution is 0.713. The monoisotopic (exact) mass is 349 g/mol. The molecule has 3 heteroatoms. The smallest absolute Gasteiger partial charge is 0.101 e. The van der Waals surface area contributed by atoms with Gasteiger partial charge >= 0.3 is 0 Å². The molecule has 0 heterocycles. The molecule has 0 amide bonds. The highest BCUT2D eigenvalue weighted by atomic mass is 127. The minimum atomic E-state index is 0.304. The fourth-order valence-electron chi connectivity index (χ4n) is 1.18. The third-order valence-corrected chi connectivity index (χ3v) is 3.68. The van der Waals surface area contributed by atoms with Crippen LogP contribution in [0.25, 0.3) is 0 Å². The number of nitrogens with zero attached hydrogens (tertiary/aromatic N) is 1. The summed E-state index contributed by atoms with van der Waals surface area (Å²) in [6, 6.07) is 2.05. The van der Waals surface area contributed by atoms with Crippen LogP contribution in [-0.2, 0) is 0 Å². The van der Waals surface area contributed by atoms with Gasteiger partial charge in [0.15, 0.2) is 0 Å². The van der Waals surface area contributed by atoms with Gasteiger partial charge in [-0.25, -0.2) is 0 Å². The molecular weight excluding hydrogens is 333 g/mol. The third-order valence-electron chi connectivity index (χ3n) is 2.25. The Labute approximate surface area is 117 Å². The molecule has 0 atom stereocenters. The van der Waals surface area contributed by atoms with Crippen molar-refractivity contribution < 1.29 is 0 Å². The Bertz CT molecular complexity index is 347. The highest BCUT2D eigenvalue weighted by Crippen LogP contribution is 2.23. The van der Waals surface area contributed by atoms with Gasteiger partial charge < -0.3 is 0 Å². The van der Waals surface area contributed by atoms with Crippen LogP contribution in [0, 0.1) is 11.3 Å². The van der Waals surface area contributed by atoms with Crippen LogP contribution >= 0.6 is 34.2 Å². The van der Waals surface area contributed by atoms with E-state index in [1.165, 1.54) is 24.8 Å². The summed E-state index contributed by atoms with van der Waals surface area (Å²) in [5.74, 6) is 0. The van der Waals surface area contributed by atoms with Gasteiger partial charge in [-0.1, -0.05) is 43.5 Å². The standard InChI is InChI=1S/C13H17ClIN/c1-4-5-6-7-10(2)13(15)8-12(9-16)11(3)14/h8H,3-7H2,1-2H3/b12-8-,13-10-. The second kappa shape index (κ2) is 8.83. The van der Waals surface area contributed by atoms with E-state index >= 15 is 0 Å². The summed E-state index contributed by atoms with van der Waals surface area (Å²) in [7, 11) is 0. The summed E-state index contributed by atoms with van der Waals surface area (Å²) >= 11 is 7.95. The maximum atomic E-state index is 8.85. The van der Waals surface area contributed by atoms with Crippen molar-refractivity contribution in [3.05, 3.63) is 32.4 Å². The average molecular weight is 350 g/mol. The zero-order valence-electron chi connectivity index (χ0n) is 9.82. The number of allylic oxidation sites excluding steroid dienone is 5. The molecule has 1 nitrogen and oxygen atoms in total. The second-order valence-corrected chi connectivity index (χ2v) is 5.28. The first-order valence-corrected chi connectivity index (χ1v) is 6.80. The molecule has 0 saturated carbocycles. The van der Waals surface area contributed by atoms with Crippen LogP contribution in [-0.4, -0.2) is 0 Å². The Hall–Kier alpha value is -0.270. The molecule has 0 rings (SSSR count). The van der Waals surface area contributed by atoms with Crippen molar-refractivity contribution >= 4 is 34.2 Å². The second-order valence-electron chi connectivity index (χ2n) is 3.66. The van der Waals surface area contributed by atoms with E-state index in [1.54, 1.807) is 6.08 Å². The number of unbranched alkanes of at least 4 members (excludes halogenated alkanes) is 2. The van der Waals surface area contributed by atoms with E-state index < -0.39 is 0 Å². The van der Waals surface area contributed by atoms with Crippen molar-refractivity contribution in [2.75, 3.05) is 0 Å². The molecule has 0 aromatic carbocycles. The predicted molar refractivity (Wildman–Crippen MR) is 79.6 cm³/mol. The molecule has 0 aliphatic rings. The molecule has 0 saturated heterocycles. The molecule has 0 spiro atoms. The number of hydrogen-bond acceptors (Lipinski definition) is 1. The van der Waals surface area contributed by atoms with Crippen molar-refractivity contribution in [3.63, 3.8) is 0 Å². The van der Waals surface area contributed by atoms with E-state index in [-0.39, 0.29) is 0 Å². The van der Waals surface area contributed by atoms with Crippen LogP contribution in [0.1, 0.15) is 39.5 Å². The lowest BCUT2D eigenvalue weighted by Gasteiger charge is -2.03. The van der Waals surface area contributed by atoms with Gasteiger partial charge in [0.25, 0.3) is 0 Å². The number of nitriles is 1. The fourth-order valence-corrected chi connectivity index (χ4v) is 1.86. The van der Waals surface area contributed by atoms with Crippen molar-refractivity contribution in [2.45, 2.75) is 39.5 Å². The minimum absolute atomic E-state index is 0.304. The molecule has 16 heavy (non-hydrogen) atoms. The Morgan fingerprint density at radius 3 is 2.56 bits per heavy atom. The van der Waals surface area contributed by atoms with Crippen LogP contribution < -0.4 is 0 Å². The van der Waals surface area contributed by atoms with Gasteiger partial charge in [0, 0.05) is 3.58 Å². The first-order valence-electron chi connectivity index (χ1n) is 5.34. The Morgan fingerprint density at radius 1 is 1.50 bits per heavy atom. The van der Waals surface area contributed by atoms with Crippen LogP contribution in [0.4, 0.5) is 0 Å². The molecule has 0 unspecified atom stereocenters. The van der Waals surface area contributed by atoms with Gasteiger partial charge in [-0.15, -0.1) is 0 Å². The van der Waals surface area contributed by atoms with Crippen LogP contribution in [0.2, 0.25) is 0 Å². The molecule has 0 aliphatic carbocycles. The first-order chi connectivity index (χ1) is 7.52. The Morgan fingerprint density at radius 2 is 2.12 bits per heavy atom. The molecule has 0 radical (unpaired) electrons. The highest BCUT2D eigenvalue weighted by molar-refractivity contribution is 14.1. The number of hydrogen-bond donors (Lipinski definition) is 0. The molecule has 0 aromatic rings. The molecule has 0 fully saturated rings. The molecule has 88 valence electrons. The van der Waals surface area contributed by atoms with Crippen molar-refractivity contribution in [1.29, 1.82) is 5.26 Å². The maximum absolute atomic E-state index is 8.85. The summed E-state index contributed by atoms with van der Waals surface area (Å²) in [6.07, 6.45) is 6.56. The lowest BCUT2D eigenvalue weighted by atomic mass is 10.1. The van der Waals surface area contributed by atoms with Crippen LogP contribution in [0.5, 0.6) is 0 Å². The molecule has 0 aromatic heterocycles. The van der Waals surface area contributed by atoms with Gasteiger partial charge in [0.1, 0.15) is 6.07 Å². The minimum Gasteiger partial charge on any atom is -0.192 e. The van der Waals surface area contributed by atoms with Crippen molar-refractivity contribution in [3.8, 4) is 6.07 Å². The zero-order valence-corrected chi connectivity index (χ0v) is 12.7. The maximum Gasteiger partial charge on any atom is 0.101 e. The molecule has 0 N–H and O–H groups in total. The fraction of sp³-hybridized carbons (Fsp3) is 0.462. The number of halogens is 2. The number of rotatable bonds is 6. The van der Waals surface area contributed by atoms with Crippen molar-refractivity contribution in [1.82, 2.24) is 0 Å². The van der Waals surface area contributed by atoms with Gasteiger partial charge in [-0.2, -0.15) is 5.26 Å². The van der Waals surface area contributed by atoms with Gasteiger partial charge in [-0.05, 0) is 48.4 Å². The lowest BCUT2D eigenvalue weighted by Crippen LogP contribution is -1.84. The zero-order chi connectivity index (χ0) is 12.6. The summed E-state index contributed by atoms with van der Waals surface area (Å²) in [5, 5.41) is 9.16. The normalized spacial score (nSPS) is 13.1. The summed E-state index contributed by atoms with van der Waals surface area (Å²) in [4.78, 5) is 0. The highest BCUT2D eigenvalue weighted by Gasteiger charge is 2.01. The SMILES string of the molecule is C=C(Cl)/C(C#N)=C\C(I)=C(/C)CCCCC. The predicted octanol–water partition coefficient (Wildman–Crippen LogP) is 5.48. The first kappa shape index (κ1) is 15.7. The van der Waals surface area contributed by atoms with E-state index in [0.29, 0.717) is 10.6 Å². The molecule has 0 aliphatic heterocycles. The van der Waals surface area contributed by atoms with E-state index in [0.717, 1.165) is 10.0 Å². The van der Waals surface area contributed by atoms with Gasteiger partial charge in [0.2, 0.25) is 0 Å². The largest absolute Gasteiger partial charge is 0.192 e. The summed E-state index contributed by atoms with van der Waals surface area (Å²) < 4.78 is 1.09. The van der Waals surface area contributed by atoms with Gasteiger partial charge in [0.05, 0.1) is 10.6 Å². The topological polar surface area (TPSA) is 23.8 Å². The molecule has 0 bridgehead atoms. The quantitative estimate of drug-likeness (QED) is 0.270. The Kier molecular flexibility index (Phi) is 8.68. The van der Waals surface area contributed by atoms with Gasteiger partial charge in [-0.3, -0.25) is 0 Å². The summed E-state index contributed by atoms with van der Waals surface area (Å²) in [5.41, 5.74) is 1.75. The van der Waals surface area contributed by atoms with Crippen LogP contribution in [0.3, 0.4) is 0 Å². The third kappa shape index (κ3) is 6.34. The van der Waals surface area contributed by atoms with E-state index in [4.69, 9.17) is 16.9 Å². The van der Waals surface area contributed by atoms with E-state index in [1.807, 2.05) is 6.07 Å². The van der Waals surface area contributed by atoms with Crippen LogP contribution in [0.15, 0.2) is 32.4 Å². The Balaban J connectivity index is 4.63. The average Bonchev–Trinajstić information content (AvgIpc) is 2.25. The summed E-state index contributed by atoms with van der Waals surface area (Å²) in [6.45, 7) is 7.85. The van der Waals surface area contributed by atoms with E-state index in [9.17, 15) is 0 Å². The van der Waals surface area contributed by atoms with E-state index in [2.05, 4.69) is 43.0 Å². The molecular formula is C13H17ClIN.